The highest BCUT2D eigenvalue weighted by molar-refractivity contribution is 6.03. The van der Waals surface area contributed by atoms with Gasteiger partial charge in [-0.15, -0.1) is 0 Å². The number of carboxylic acid groups (broad SMARTS) is 1. The van der Waals surface area contributed by atoms with Gasteiger partial charge >= 0.3 is 5.97 Å². The van der Waals surface area contributed by atoms with Crippen molar-refractivity contribution in [2.45, 2.75) is 19.4 Å². The van der Waals surface area contributed by atoms with Crippen LogP contribution in [0, 0.1) is 0 Å². The first-order chi connectivity index (χ1) is 11.1. The SMILES string of the molecule is C[C@@H]1Cc2cc(-c3cc(C(=O)O)c4ccccc4n3)ccc2O1. The Bertz CT molecular complexity index is 933. The van der Waals surface area contributed by atoms with Crippen LogP contribution in [0.1, 0.15) is 22.8 Å². The molecule has 0 bridgehead atoms. The van der Waals surface area contributed by atoms with E-state index in [4.69, 9.17) is 4.74 Å². The Morgan fingerprint density at radius 3 is 2.87 bits per heavy atom. The van der Waals surface area contributed by atoms with Crippen molar-refractivity contribution >= 4 is 16.9 Å². The number of hydrogen-bond acceptors (Lipinski definition) is 3. The predicted octanol–water partition coefficient (Wildman–Crippen LogP) is 3.92. The summed E-state index contributed by atoms with van der Waals surface area (Å²) in [7, 11) is 0. The van der Waals surface area contributed by atoms with Gasteiger partial charge in [0.1, 0.15) is 11.9 Å². The van der Waals surface area contributed by atoms with Gasteiger partial charge in [-0.2, -0.15) is 0 Å². The molecule has 1 aliphatic heterocycles. The molecule has 1 atom stereocenters. The highest BCUT2D eigenvalue weighted by Gasteiger charge is 2.20. The zero-order valence-electron chi connectivity index (χ0n) is 12.6. The Labute approximate surface area is 133 Å². The van der Waals surface area contributed by atoms with Crippen LogP contribution in [-0.2, 0) is 6.42 Å². The molecule has 114 valence electrons. The lowest BCUT2D eigenvalue weighted by Crippen LogP contribution is -2.05. The highest BCUT2D eigenvalue weighted by atomic mass is 16.5. The number of pyridine rings is 1. The van der Waals surface area contributed by atoms with Gasteiger partial charge in [-0.3, -0.25) is 0 Å². The molecule has 1 aromatic heterocycles. The van der Waals surface area contributed by atoms with Gasteiger partial charge < -0.3 is 9.84 Å². The number of aromatic carboxylic acids is 1. The molecular formula is C19H15NO3. The Hall–Kier alpha value is -2.88. The molecule has 0 amide bonds. The molecule has 0 saturated heterocycles. The van der Waals surface area contributed by atoms with Crippen LogP contribution in [0.4, 0.5) is 0 Å². The van der Waals surface area contributed by atoms with Gasteiger partial charge in [-0.25, -0.2) is 9.78 Å². The van der Waals surface area contributed by atoms with Crippen molar-refractivity contribution in [3.63, 3.8) is 0 Å². The van der Waals surface area contributed by atoms with Crippen LogP contribution >= 0.6 is 0 Å². The molecule has 0 spiro atoms. The fraction of sp³-hybridized carbons (Fsp3) is 0.158. The quantitative estimate of drug-likeness (QED) is 0.779. The van der Waals surface area contributed by atoms with Gasteiger partial charge in [0, 0.05) is 17.4 Å². The first-order valence-electron chi connectivity index (χ1n) is 7.55. The average Bonchev–Trinajstić information content (AvgIpc) is 2.92. The summed E-state index contributed by atoms with van der Waals surface area (Å²) in [5.41, 5.74) is 3.68. The summed E-state index contributed by atoms with van der Waals surface area (Å²) in [5.74, 6) is -0.0385. The van der Waals surface area contributed by atoms with Gasteiger partial charge in [0.25, 0.3) is 0 Å². The zero-order valence-corrected chi connectivity index (χ0v) is 12.6. The van der Waals surface area contributed by atoms with Gasteiger partial charge in [0.15, 0.2) is 0 Å². The van der Waals surface area contributed by atoms with Crippen LogP contribution < -0.4 is 4.74 Å². The maximum absolute atomic E-state index is 11.6. The van der Waals surface area contributed by atoms with Crippen molar-refractivity contribution in [1.82, 2.24) is 4.98 Å². The van der Waals surface area contributed by atoms with Crippen LogP contribution in [0.2, 0.25) is 0 Å². The first-order valence-corrected chi connectivity index (χ1v) is 7.55. The summed E-state index contributed by atoms with van der Waals surface area (Å²) >= 11 is 0. The summed E-state index contributed by atoms with van der Waals surface area (Å²) in [6.45, 7) is 2.04. The Balaban J connectivity index is 1.90. The lowest BCUT2D eigenvalue weighted by molar-refractivity contribution is 0.0699. The second-order valence-electron chi connectivity index (χ2n) is 5.83. The second kappa shape index (κ2) is 5.09. The van der Waals surface area contributed by atoms with Crippen molar-refractivity contribution < 1.29 is 14.6 Å². The number of nitrogens with zero attached hydrogens (tertiary/aromatic N) is 1. The summed E-state index contributed by atoms with van der Waals surface area (Å²) in [5, 5.41) is 10.2. The summed E-state index contributed by atoms with van der Waals surface area (Å²) in [6, 6.07) is 14.9. The van der Waals surface area contributed by atoms with Crippen LogP contribution in [0.15, 0.2) is 48.5 Å². The van der Waals surface area contributed by atoms with Gasteiger partial charge in [-0.1, -0.05) is 18.2 Å². The van der Waals surface area contributed by atoms with Crippen LogP contribution in [-0.4, -0.2) is 22.2 Å². The molecule has 4 heteroatoms. The third-order valence-corrected chi connectivity index (χ3v) is 4.14. The fourth-order valence-corrected chi connectivity index (χ4v) is 3.08. The molecule has 0 unspecified atom stereocenters. The Morgan fingerprint density at radius 1 is 1.22 bits per heavy atom. The van der Waals surface area contributed by atoms with Crippen molar-refractivity contribution in [3.8, 4) is 17.0 Å². The van der Waals surface area contributed by atoms with Crippen molar-refractivity contribution in [1.29, 1.82) is 0 Å². The molecule has 2 heterocycles. The average molecular weight is 305 g/mol. The Kier molecular flexibility index (Phi) is 3.05. The first kappa shape index (κ1) is 13.8. The van der Waals surface area contributed by atoms with E-state index in [2.05, 4.69) is 4.98 Å². The van der Waals surface area contributed by atoms with E-state index < -0.39 is 5.97 Å². The number of ether oxygens (including phenoxy) is 1. The van der Waals surface area contributed by atoms with E-state index in [0.717, 1.165) is 23.3 Å². The van der Waals surface area contributed by atoms with Crippen molar-refractivity contribution in [3.05, 3.63) is 59.7 Å². The van der Waals surface area contributed by atoms with Crippen LogP contribution in [0.3, 0.4) is 0 Å². The number of hydrogen-bond donors (Lipinski definition) is 1. The van der Waals surface area contributed by atoms with E-state index in [1.165, 1.54) is 0 Å². The molecule has 0 fully saturated rings. The predicted molar refractivity (Wildman–Crippen MR) is 87.9 cm³/mol. The standard InChI is InChI=1S/C19H15NO3/c1-11-8-13-9-12(6-7-18(13)23-11)17-10-15(19(21)22)14-4-2-3-5-16(14)20-17/h2-7,9-11H,8H2,1H3,(H,21,22)/t11-/m1/s1. The molecule has 4 nitrogen and oxygen atoms in total. The minimum Gasteiger partial charge on any atom is -0.490 e. The van der Waals surface area contributed by atoms with Crippen molar-refractivity contribution in [2.24, 2.45) is 0 Å². The smallest absolute Gasteiger partial charge is 0.336 e. The molecule has 2 aromatic carbocycles. The van der Waals surface area contributed by atoms with E-state index >= 15 is 0 Å². The molecular weight excluding hydrogens is 290 g/mol. The zero-order chi connectivity index (χ0) is 16.0. The largest absolute Gasteiger partial charge is 0.490 e. The molecule has 4 rings (SSSR count). The molecule has 1 aliphatic rings. The highest BCUT2D eigenvalue weighted by Crippen LogP contribution is 2.33. The normalized spacial score (nSPS) is 16.1. The van der Waals surface area contributed by atoms with Gasteiger partial charge in [0.05, 0.1) is 16.8 Å². The minimum absolute atomic E-state index is 0.180. The third kappa shape index (κ3) is 2.32. The number of benzene rings is 2. The summed E-state index contributed by atoms with van der Waals surface area (Å²) in [6.07, 6.45) is 1.04. The second-order valence-corrected chi connectivity index (χ2v) is 5.83. The molecule has 0 aliphatic carbocycles. The molecule has 0 radical (unpaired) electrons. The maximum Gasteiger partial charge on any atom is 0.336 e. The lowest BCUT2D eigenvalue weighted by Gasteiger charge is -2.08. The topological polar surface area (TPSA) is 59.4 Å². The third-order valence-electron chi connectivity index (χ3n) is 4.14. The van der Waals surface area contributed by atoms with Crippen LogP contribution in [0.5, 0.6) is 5.75 Å². The molecule has 3 aromatic rings. The summed E-state index contributed by atoms with van der Waals surface area (Å²) < 4.78 is 5.72. The number of aromatic nitrogens is 1. The fourth-order valence-electron chi connectivity index (χ4n) is 3.08. The number of carbonyl (C=O) groups is 1. The Morgan fingerprint density at radius 2 is 2.04 bits per heavy atom. The minimum atomic E-state index is -0.942. The van der Waals surface area contributed by atoms with Crippen molar-refractivity contribution in [2.75, 3.05) is 0 Å². The number of fused-ring (bicyclic) bond motifs is 2. The number of rotatable bonds is 2. The molecule has 23 heavy (non-hydrogen) atoms. The molecule has 0 saturated carbocycles. The monoisotopic (exact) mass is 305 g/mol. The van der Waals surface area contributed by atoms with E-state index in [-0.39, 0.29) is 11.7 Å². The van der Waals surface area contributed by atoms with E-state index in [0.29, 0.717) is 16.6 Å². The number of carboxylic acids is 1. The maximum atomic E-state index is 11.6. The van der Waals surface area contributed by atoms with E-state index in [1.54, 1.807) is 12.1 Å². The van der Waals surface area contributed by atoms with E-state index in [1.807, 2.05) is 43.3 Å². The van der Waals surface area contributed by atoms with Crippen LogP contribution in [0.25, 0.3) is 22.2 Å². The molecule has 1 N–H and O–H groups in total. The lowest BCUT2D eigenvalue weighted by atomic mass is 10.0. The summed E-state index contributed by atoms with van der Waals surface area (Å²) in [4.78, 5) is 16.2. The van der Waals surface area contributed by atoms with Gasteiger partial charge in [0.2, 0.25) is 0 Å². The van der Waals surface area contributed by atoms with Gasteiger partial charge in [-0.05, 0) is 42.8 Å². The number of para-hydroxylation sites is 1. The van der Waals surface area contributed by atoms with E-state index in [9.17, 15) is 9.90 Å².